The van der Waals surface area contributed by atoms with E-state index in [1.54, 1.807) is 0 Å². The summed E-state index contributed by atoms with van der Waals surface area (Å²) in [7, 11) is 0. The summed E-state index contributed by atoms with van der Waals surface area (Å²) in [5.74, 6) is 0. The number of rotatable bonds is 6. The van der Waals surface area contributed by atoms with Crippen molar-refractivity contribution in [3.8, 4) is 0 Å². The Hall–Kier alpha value is -0.680. The molecule has 0 unspecified atom stereocenters. The minimum Gasteiger partial charge on any atom is -0.374 e. The highest BCUT2D eigenvalue weighted by molar-refractivity contribution is 7.10. The molecule has 0 aliphatic heterocycles. The van der Waals surface area contributed by atoms with Crippen LogP contribution in [0.5, 0.6) is 0 Å². The van der Waals surface area contributed by atoms with Crippen LogP contribution < -0.4 is 5.32 Å². The van der Waals surface area contributed by atoms with E-state index in [-0.39, 0.29) is 0 Å². The minimum absolute atomic E-state index is 0.895. The van der Waals surface area contributed by atoms with Gasteiger partial charge in [0.25, 0.3) is 0 Å². The van der Waals surface area contributed by atoms with E-state index in [2.05, 4.69) is 40.6 Å². The molecule has 0 atom stereocenters. The number of nitrogens with one attached hydrogen (secondary N) is 1. The summed E-state index contributed by atoms with van der Waals surface area (Å²) in [6.07, 6.45) is 0. The zero-order valence-electron chi connectivity index (χ0n) is 9.08. The van der Waals surface area contributed by atoms with Crippen LogP contribution in [0.25, 0.3) is 0 Å². The summed E-state index contributed by atoms with van der Waals surface area (Å²) < 4.78 is 3.96. The minimum atomic E-state index is 0.895. The topological polar surface area (TPSA) is 41.1 Å². The lowest BCUT2D eigenvalue weighted by molar-refractivity contribution is 0.292. The summed E-state index contributed by atoms with van der Waals surface area (Å²) in [6.45, 7) is 10.3. The highest BCUT2D eigenvalue weighted by Gasteiger charge is 2.09. The third-order valence-corrected chi connectivity index (χ3v) is 2.89. The van der Waals surface area contributed by atoms with E-state index in [4.69, 9.17) is 0 Å². The first-order chi connectivity index (χ1) is 6.81. The van der Waals surface area contributed by atoms with Crippen molar-refractivity contribution in [3.63, 3.8) is 0 Å². The Labute approximate surface area is 89.5 Å². The monoisotopic (exact) mass is 214 g/mol. The quantitative estimate of drug-likeness (QED) is 0.784. The molecule has 1 rings (SSSR count). The molecule has 0 aromatic carbocycles. The molecule has 0 amide bonds. The van der Waals surface area contributed by atoms with Crippen molar-refractivity contribution in [1.29, 1.82) is 0 Å². The van der Waals surface area contributed by atoms with Crippen molar-refractivity contribution >= 4 is 16.5 Å². The van der Waals surface area contributed by atoms with Gasteiger partial charge in [0.05, 0.1) is 0 Å². The first-order valence-corrected chi connectivity index (χ1v) is 5.86. The van der Waals surface area contributed by atoms with Gasteiger partial charge < -0.3 is 5.32 Å². The lowest BCUT2D eigenvalue weighted by atomic mass is 10.4. The second-order valence-electron chi connectivity index (χ2n) is 3.04. The molecular formula is C9H18N4S. The molecule has 1 N–H and O–H groups in total. The molecule has 80 valence electrons. The van der Waals surface area contributed by atoms with Crippen LogP contribution in [0.15, 0.2) is 0 Å². The normalized spacial score (nSPS) is 10.9. The van der Waals surface area contributed by atoms with E-state index in [9.17, 15) is 0 Å². The number of anilines is 1. The van der Waals surface area contributed by atoms with Crippen molar-refractivity contribution in [3.05, 3.63) is 5.69 Å². The number of aromatic nitrogens is 2. The van der Waals surface area contributed by atoms with Gasteiger partial charge in [0.2, 0.25) is 0 Å². The summed E-state index contributed by atoms with van der Waals surface area (Å²) in [5, 5.41) is 8.52. The van der Waals surface area contributed by atoms with Gasteiger partial charge in [-0.05, 0) is 20.0 Å². The molecule has 0 aliphatic rings. The van der Waals surface area contributed by atoms with E-state index in [0.717, 1.165) is 36.9 Å². The van der Waals surface area contributed by atoms with E-state index < -0.39 is 0 Å². The second kappa shape index (κ2) is 5.93. The van der Waals surface area contributed by atoms with Crippen molar-refractivity contribution in [2.75, 3.05) is 25.0 Å². The van der Waals surface area contributed by atoms with Crippen molar-refractivity contribution in [1.82, 2.24) is 14.5 Å². The SMILES string of the molecule is CCNc1snnc1CN(CC)CC. The van der Waals surface area contributed by atoms with Gasteiger partial charge in [-0.25, -0.2) is 0 Å². The van der Waals surface area contributed by atoms with Crippen molar-refractivity contribution < 1.29 is 0 Å². The molecule has 14 heavy (non-hydrogen) atoms. The Balaban J connectivity index is 2.60. The van der Waals surface area contributed by atoms with Gasteiger partial charge >= 0.3 is 0 Å². The van der Waals surface area contributed by atoms with Crippen molar-refractivity contribution in [2.45, 2.75) is 27.3 Å². The lowest BCUT2D eigenvalue weighted by Gasteiger charge is -2.16. The molecule has 4 nitrogen and oxygen atoms in total. The maximum Gasteiger partial charge on any atom is 0.134 e. The first-order valence-electron chi connectivity index (χ1n) is 5.09. The summed E-state index contributed by atoms with van der Waals surface area (Å²) >= 11 is 1.44. The highest BCUT2D eigenvalue weighted by Crippen LogP contribution is 2.18. The van der Waals surface area contributed by atoms with Crippen LogP contribution in [0, 0.1) is 0 Å². The number of nitrogens with zero attached hydrogens (tertiary/aromatic N) is 3. The maximum atomic E-state index is 4.13. The Morgan fingerprint density at radius 3 is 2.57 bits per heavy atom. The van der Waals surface area contributed by atoms with Crippen LogP contribution in [0.3, 0.4) is 0 Å². The van der Waals surface area contributed by atoms with Gasteiger partial charge in [-0.15, -0.1) is 5.10 Å². The van der Waals surface area contributed by atoms with Gasteiger partial charge in [-0.2, -0.15) is 0 Å². The molecule has 0 spiro atoms. The average Bonchev–Trinajstić information content (AvgIpc) is 2.62. The molecule has 1 aromatic heterocycles. The molecule has 0 saturated carbocycles. The number of hydrogen-bond acceptors (Lipinski definition) is 5. The lowest BCUT2D eigenvalue weighted by Crippen LogP contribution is -2.22. The first kappa shape index (κ1) is 11.4. The Morgan fingerprint density at radius 2 is 2.00 bits per heavy atom. The molecule has 1 aromatic rings. The van der Waals surface area contributed by atoms with E-state index >= 15 is 0 Å². The van der Waals surface area contributed by atoms with Crippen LogP contribution in [-0.4, -0.2) is 34.1 Å². The van der Waals surface area contributed by atoms with Crippen LogP contribution in [0.4, 0.5) is 5.00 Å². The van der Waals surface area contributed by atoms with Gasteiger partial charge in [0, 0.05) is 24.6 Å². The largest absolute Gasteiger partial charge is 0.374 e. The van der Waals surface area contributed by atoms with Crippen LogP contribution in [-0.2, 0) is 6.54 Å². The van der Waals surface area contributed by atoms with Gasteiger partial charge in [-0.3, -0.25) is 4.90 Å². The molecule has 5 heteroatoms. The van der Waals surface area contributed by atoms with Crippen molar-refractivity contribution in [2.24, 2.45) is 0 Å². The van der Waals surface area contributed by atoms with Crippen LogP contribution in [0.1, 0.15) is 26.5 Å². The predicted molar refractivity (Wildman–Crippen MR) is 60.7 cm³/mol. The van der Waals surface area contributed by atoms with Crippen LogP contribution in [0.2, 0.25) is 0 Å². The molecule has 1 heterocycles. The summed E-state index contributed by atoms with van der Waals surface area (Å²) in [4.78, 5) is 2.33. The maximum absolute atomic E-state index is 4.13. The second-order valence-corrected chi connectivity index (χ2v) is 3.79. The van der Waals surface area contributed by atoms with E-state index in [1.807, 2.05) is 0 Å². The third kappa shape index (κ3) is 2.92. The average molecular weight is 214 g/mol. The van der Waals surface area contributed by atoms with Crippen LogP contribution >= 0.6 is 11.5 Å². The fraction of sp³-hybridized carbons (Fsp3) is 0.778. The molecule has 0 fully saturated rings. The van der Waals surface area contributed by atoms with E-state index in [0.29, 0.717) is 0 Å². The summed E-state index contributed by atoms with van der Waals surface area (Å²) in [6, 6.07) is 0. The molecule has 0 saturated heterocycles. The third-order valence-electron chi connectivity index (χ3n) is 2.16. The molecule has 0 aliphatic carbocycles. The fourth-order valence-electron chi connectivity index (χ4n) is 1.27. The Bertz CT molecular complexity index is 257. The molecule has 0 bridgehead atoms. The standard InChI is InChI=1S/C9H18N4S/c1-4-10-9-8(11-12-14-9)7-13(5-2)6-3/h10H,4-7H2,1-3H3. The predicted octanol–water partition coefficient (Wildman–Crippen LogP) is 1.81. The Morgan fingerprint density at radius 1 is 1.29 bits per heavy atom. The zero-order valence-corrected chi connectivity index (χ0v) is 9.89. The Kier molecular flexibility index (Phi) is 4.82. The molecule has 0 radical (unpaired) electrons. The molecular weight excluding hydrogens is 196 g/mol. The van der Waals surface area contributed by atoms with Gasteiger partial charge in [0.1, 0.15) is 10.7 Å². The van der Waals surface area contributed by atoms with Gasteiger partial charge in [0.15, 0.2) is 0 Å². The zero-order chi connectivity index (χ0) is 10.4. The van der Waals surface area contributed by atoms with E-state index in [1.165, 1.54) is 11.5 Å². The number of hydrogen-bond donors (Lipinski definition) is 1. The fourth-order valence-corrected chi connectivity index (χ4v) is 1.91. The highest BCUT2D eigenvalue weighted by atomic mass is 32.1. The van der Waals surface area contributed by atoms with Gasteiger partial charge in [-0.1, -0.05) is 18.3 Å². The summed E-state index contributed by atoms with van der Waals surface area (Å²) in [5.41, 5.74) is 1.07. The smallest absolute Gasteiger partial charge is 0.134 e.